The second-order valence-corrected chi connectivity index (χ2v) is 7.64. The first-order valence-electron chi connectivity index (χ1n) is 11.0. The average molecular weight is 420 g/mol. The molecule has 164 valence electrons. The Labute approximate surface area is 185 Å². The zero-order valence-electron chi connectivity index (χ0n) is 18.7. The predicted molar refractivity (Wildman–Crippen MR) is 128 cm³/mol. The largest absolute Gasteiger partial charge is 0.491 e. The summed E-state index contributed by atoms with van der Waals surface area (Å²) >= 11 is 0. The lowest BCUT2D eigenvalue weighted by molar-refractivity contribution is 0.111. The number of aliphatic hydroxyl groups excluding tert-OH is 1. The van der Waals surface area contributed by atoms with E-state index in [1.165, 1.54) is 11.3 Å². The molecule has 1 unspecified atom stereocenters. The number of nitrogens with zero attached hydrogens (tertiary/aromatic N) is 3. The van der Waals surface area contributed by atoms with Gasteiger partial charge in [0.05, 0.1) is 0 Å². The van der Waals surface area contributed by atoms with Crippen molar-refractivity contribution in [2.45, 2.75) is 33.4 Å². The number of aliphatic hydroxyl groups is 1. The maximum absolute atomic E-state index is 10.7. The van der Waals surface area contributed by atoms with Gasteiger partial charge in [-0.1, -0.05) is 36.4 Å². The standard InChI is InChI=1S/C26H33N3O2/c1-4-28(5-2)23-15-13-22(14-16-23)18-29(26-12-8-9-17-27-26)19-24(30)20-31-25-11-7-6-10-21(25)3/h6-17,24,30H,4-5,18-20H2,1-3H3. The summed E-state index contributed by atoms with van der Waals surface area (Å²) in [6.45, 7) is 9.64. The zero-order chi connectivity index (χ0) is 22.1. The number of aromatic nitrogens is 1. The maximum atomic E-state index is 10.7. The van der Waals surface area contributed by atoms with Crippen LogP contribution >= 0.6 is 0 Å². The predicted octanol–water partition coefficient (Wildman–Crippen LogP) is 4.68. The average Bonchev–Trinajstić information content (AvgIpc) is 2.80. The highest BCUT2D eigenvalue weighted by Gasteiger charge is 2.15. The minimum atomic E-state index is -0.642. The molecule has 1 atom stereocenters. The molecule has 0 saturated heterocycles. The fraction of sp³-hybridized carbons (Fsp3) is 0.346. The van der Waals surface area contributed by atoms with Gasteiger partial charge in [-0.05, 0) is 62.2 Å². The summed E-state index contributed by atoms with van der Waals surface area (Å²) in [5.41, 5.74) is 3.46. The van der Waals surface area contributed by atoms with Crippen LogP contribution in [0.1, 0.15) is 25.0 Å². The van der Waals surface area contributed by atoms with Gasteiger partial charge in [-0.25, -0.2) is 4.98 Å². The molecule has 3 aromatic rings. The molecule has 5 heteroatoms. The minimum Gasteiger partial charge on any atom is -0.491 e. The summed E-state index contributed by atoms with van der Waals surface area (Å²) in [5, 5.41) is 10.7. The summed E-state index contributed by atoms with van der Waals surface area (Å²) < 4.78 is 5.85. The van der Waals surface area contributed by atoms with Gasteiger partial charge in [0.15, 0.2) is 0 Å². The normalized spacial score (nSPS) is 11.7. The van der Waals surface area contributed by atoms with Gasteiger partial charge in [-0.15, -0.1) is 0 Å². The number of hydrogen-bond acceptors (Lipinski definition) is 5. The third-order valence-electron chi connectivity index (χ3n) is 5.37. The first-order chi connectivity index (χ1) is 15.1. The Morgan fingerprint density at radius 2 is 1.61 bits per heavy atom. The molecule has 0 bridgehead atoms. The topological polar surface area (TPSA) is 48.8 Å². The van der Waals surface area contributed by atoms with Crippen molar-refractivity contribution in [3.63, 3.8) is 0 Å². The number of ether oxygens (including phenoxy) is 1. The van der Waals surface area contributed by atoms with Crippen molar-refractivity contribution < 1.29 is 9.84 Å². The van der Waals surface area contributed by atoms with Gasteiger partial charge >= 0.3 is 0 Å². The van der Waals surface area contributed by atoms with Crippen LogP contribution in [0.3, 0.4) is 0 Å². The SMILES string of the molecule is CCN(CC)c1ccc(CN(CC(O)COc2ccccc2C)c2ccccn2)cc1. The van der Waals surface area contributed by atoms with Crippen LogP contribution in [-0.2, 0) is 6.54 Å². The number of para-hydroxylation sites is 1. The second-order valence-electron chi connectivity index (χ2n) is 7.64. The molecule has 3 rings (SSSR count). The lowest BCUT2D eigenvalue weighted by Crippen LogP contribution is -2.36. The number of pyridine rings is 1. The molecule has 0 spiro atoms. The number of hydrogen-bond donors (Lipinski definition) is 1. The smallest absolute Gasteiger partial charge is 0.128 e. The van der Waals surface area contributed by atoms with E-state index in [9.17, 15) is 5.11 Å². The summed E-state index contributed by atoms with van der Waals surface area (Å²) in [4.78, 5) is 8.92. The van der Waals surface area contributed by atoms with E-state index in [0.717, 1.165) is 30.2 Å². The highest BCUT2D eigenvalue weighted by molar-refractivity contribution is 5.48. The molecule has 0 amide bonds. The number of aryl methyl sites for hydroxylation is 1. The van der Waals surface area contributed by atoms with Crippen LogP contribution in [-0.4, -0.2) is 42.4 Å². The summed E-state index contributed by atoms with van der Waals surface area (Å²) in [5.74, 6) is 1.64. The van der Waals surface area contributed by atoms with Gasteiger partial charge in [-0.3, -0.25) is 0 Å². The molecule has 1 N–H and O–H groups in total. The Bertz CT molecular complexity index is 911. The van der Waals surface area contributed by atoms with Crippen molar-refractivity contribution >= 4 is 11.5 Å². The molecule has 0 radical (unpaired) electrons. The Morgan fingerprint density at radius 3 is 2.26 bits per heavy atom. The van der Waals surface area contributed by atoms with E-state index >= 15 is 0 Å². The molecule has 2 aromatic carbocycles. The number of benzene rings is 2. The first kappa shape index (κ1) is 22.6. The minimum absolute atomic E-state index is 0.231. The highest BCUT2D eigenvalue weighted by Crippen LogP contribution is 2.20. The van der Waals surface area contributed by atoms with Crippen molar-refractivity contribution in [3.8, 4) is 5.75 Å². The molecule has 0 aliphatic rings. The summed E-state index contributed by atoms with van der Waals surface area (Å²) in [6, 6.07) is 22.3. The highest BCUT2D eigenvalue weighted by atomic mass is 16.5. The van der Waals surface area contributed by atoms with Crippen molar-refractivity contribution in [2.75, 3.05) is 36.0 Å². The quantitative estimate of drug-likeness (QED) is 0.489. The van der Waals surface area contributed by atoms with E-state index in [4.69, 9.17) is 4.74 Å². The number of rotatable bonds is 11. The van der Waals surface area contributed by atoms with E-state index in [0.29, 0.717) is 13.1 Å². The van der Waals surface area contributed by atoms with Crippen LogP contribution in [0.5, 0.6) is 5.75 Å². The van der Waals surface area contributed by atoms with Gasteiger partial charge in [0.1, 0.15) is 24.3 Å². The zero-order valence-corrected chi connectivity index (χ0v) is 18.7. The summed E-state index contributed by atoms with van der Waals surface area (Å²) in [6.07, 6.45) is 1.14. The van der Waals surface area contributed by atoms with Crippen LogP contribution in [0.4, 0.5) is 11.5 Å². The van der Waals surface area contributed by atoms with Crippen LogP contribution in [0.15, 0.2) is 72.9 Å². The van der Waals surface area contributed by atoms with Gasteiger partial charge < -0.3 is 19.6 Å². The lowest BCUT2D eigenvalue weighted by atomic mass is 10.1. The van der Waals surface area contributed by atoms with Crippen molar-refractivity contribution in [1.82, 2.24) is 4.98 Å². The van der Waals surface area contributed by atoms with E-state index in [2.05, 4.69) is 52.9 Å². The van der Waals surface area contributed by atoms with Crippen molar-refractivity contribution in [2.24, 2.45) is 0 Å². The van der Waals surface area contributed by atoms with Crippen LogP contribution in [0, 0.1) is 6.92 Å². The van der Waals surface area contributed by atoms with Crippen molar-refractivity contribution in [1.29, 1.82) is 0 Å². The van der Waals surface area contributed by atoms with E-state index in [-0.39, 0.29) is 6.61 Å². The Kier molecular flexibility index (Phi) is 8.30. The third kappa shape index (κ3) is 6.46. The fourth-order valence-corrected chi connectivity index (χ4v) is 3.61. The van der Waals surface area contributed by atoms with Crippen LogP contribution in [0.2, 0.25) is 0 Å². The van der Waals surface area contributed by atoms with E-state index < -0.39 is 6.10 Å². The molecule has 1 aromatic heterocycles. The molecular formula is C26H33N3O2. The lowest BCUT2D eigenvalue weighted by Gasteiger charge is -2.27. The Morgan fingerprint density at radius 1 is 0.903 bits per heavy atom. The second kappa shape index (κ2) is 11.4. The summed E-state index contributed by atoms with van der Waals surface area (Å²) in [7, 11) is 0. The monoisotopic (exact) mass is 419 g/mol. The van der Waals surface area contributed by atoms with Crippen LogP contribution in [0.25, 0.3) is 0 Å². The van der Waals surface area contributed by atoms with Gasteiger partial charge in [0.2, 0.25) is 0 Å². The van der Waals surface area contributed by atoms with Gasteiger partial charge in [-0.2, -0.15) is 0 Å². The molecule has 0 aliphatic carbocycles. The van der Waals surface area contributed by atoms with Crippen LogP contribution < -0.4 is 14.5 Å². The molecule has 0 saturated carbocycles. The maximum Gasteiger partial charge on any atom is 0.128 e. The van der Waals surface area contributed by atoms with E-state index in [1.54, 1.807) is 6.20 Å². The molecule has 0 fully saturated rings. The van der Waals surface area contributed by atoms with Gasteiger partial charge in [0, 0.05) is 38.1 Å². The Hall–Kier alpha value is -3.05. The molecule has 5 nitrogen and oxygen atoms in total. The molecular weight excluding hydrogens is 386 g/mol. The Balaban J connectivity index is 1.68. The molecule has 31 heavy (non-hydrogen) atoms. The molecule has 0 aliphatic heterocycles. The van der Waals surface area contributed by atoms with Gasteiger partial charge in [0.25, 0.3) is 0 Å². The van der Waals surface area contributed by atoms with E-state index in [1.807, 2.05) is 49.4 Å². The van der Waals surface area contributed by atoms with Crippen molar-refractivity contribution in [3.05, 3.63) is 84.1 Å². The number of anilines is 2. The molecule has 1 heterocycles. The fourth-order valence-electron chi connectivity index (χ4n) is 3.61. The first-order valence-corrected chi connectivity index (χ1v) is 11.0. The third-order valence-corrected chi connectivity index (χ3v) is 5.37.